The Labute approximate surface area is 121 Å². The molecule has 1 heterocycles. The summed E-state index contributed by atoms with van der Waals surface area (Å²) in [6.07, 6.45) is -0.226. The number of hydrogen-bond donors (Lipinski definition) is 0. The molecule has 2 amide bonds. The minimum atomic E-state index is -0.534. The normalized spacial score (nSPS) is 16.3. The maximum absolute atomic E-state index is 11.9. The smallest absolute Gasteiger partial charge is 0.416 e. The molecule has 0 bridgehead atoms. The molecule has 0 saturated carbocycles. The molecule has 1 fully saturated rings. The first-order valence-corrected chi connectivity index (χ1v) is 7.21. The van der Waals surface area contributed by atoms with E-state index in [1.165, 1.54) is 4.90 Å². The highest BCUT2D eigenvalue weighted by atomic mass is 35.5. The van der Waals surface area contributed by atoms with Crippen LogP contribution in [-0.2, 0) is 9.53 Å². The summed E-state index contributed by atoms with van der Waals surface area (Å²) in [6.45, 7) is 2.61. The van der Waals surface area contributed by atoms with Crippen molar-refractivity contribution in [2.75, 3.05) is 13.2 Å². The van der Waals surface area contributed by atoms with Crippen LogP contribution in [0.2, 0.25) is 5.02 Å². The van der Waals surface area contributed by atoms with Gasteiger partial charge in [0, 0.05) is 21.6 Å². The van der Waals surface area contributed by atoms with Crippen LogP contribution in [0.4, 0.5) is 4.79 Å². The second-order valence-electron chi connectivity index (χ2n) is 4.25. The van der Waals surface area contributed by atoms with Crippen molar-refractivity contribution >= 4 is 35.4 Å². The third-order valence-electron chi connectivity index (χ3n) is 2.67. The molecule has 19 heavy (non-hydrogen) atoms. The lowest BCUT2D eigenvalue weighted by Gasteiger charge is -2.14. The Morgan fingerprint density at radius 1 is 1.47 bits per heavy atom. The number of carbonyl (C=O) groups is 2. The van der Waals surface area contributed by atoms with Crippen molar-refractivity contribution in [2.45, 2.75) is 23.5 Å². The fourth-order valence-corrected chi connectivity index (χ4v) is 2.87. The van der Waals surface area contributed by atoms with E-state index in [1.807, 2.05) is 31.2 Å². The summed E-state index contributed by atoms with van der Waals surface area (Å²) in [5.41, 5.74) is 0. The number of thioether (sulfide) groups is 1. The van der Waals surface area contributed by atoms with Gasteiger partial charge in [0.2, 0.25) is 5.91 Å². The molecule has 102 valence electrons. The van der Waals surface area contributed by atoms with E-state index in [0.717, 1.165) is 4.90 Å². The van der Waals surface area contributed by atoms with E-state index in [2.05, 4.69) is 0 Å². The average molecular weight is 300 g/mol. The third kappa shape index (κ3) is 3.88. The summed E-state index contributed by atoms with van der Waals surface area (Å²) in [6, 6.07) is 7.46. The van der Waals surface area contributed by atoms with Crippen molar-refractivity contribution in [3.05, 3.63) is 29.3 Å². The summed E-state index contributed by atoms with van der Waals surface area (Å²) in [7, 11) is 0. The number of carbonyl (C=O) groups excluding carboxylic acids is 2. The van der Waals surface area contributed by atoms with Crippen molar-refractivity contribution in [1.29, 1.82) is 0 Å². The van der Waals surface area contributed by atoms with Crippen LogP contribution in [0.3, 0.4) is 0 Å². The first kappa shape index (κ1) is 14.2. The monoisotopic (exact) mass is 299 g/mol. The Hall–Kier alpha value is -1.20. The lowest BCUT2D eigenvalue weighted by atomic mass is 10.3. The number of halogens is 1. The molecule has 0 spiro atoms. The number of imide groups is 1. The van der Waals surface area contributed by atoms with E-state index in [0.29, 0.717) is 24.6 Å². The van der Waals surface area contributed by atoms with Crippen molar-refractivity contribution in [3.63, 3.8) is 0 Å². The first-order chi connectivity index (χ1) is 9.06. The topological polar surface area (TPSA) is 46.6 Å². The molecule has 0 radical (unpaired) electrons. The molecular weight excluding hydrogens is 286 g/mol. The zero-order chi connectivity index (χ0) is 13.8. The number of ether oxygens (including phenoxy) is 1. The van der Waals surface area contributed by atoms with Crippen LogP contribution < -0.4 is 0 Å². The maximum Gasteiger partial charge on any atom is 0.416 e. The molecule has 2 rings (SSSR count). The zero-order valence-electron chi connectivity index (χ0n) is 10.5. The fraction of sp³-hybridized carbons (Fsp3) is 0.385. The van der Waals surface area contributed by atoms with Gasteiger partial charge in [-0.15, -0.1) is 11.8 Å². The molecule has 0 unspecified atom stereocenters. The van der Waals surface area contributed by atoms with E-state index in [4.69, 9.17) is 16.3 Å². The van der Waals surface area contributed by atoms with E-state index in [-0.39, 0.29) is 11.2 Å². The second kappa shape index (κ2) is 6.30. The molecule has 1 aliphatic heterocycles. The first-order valence-electron chi connectivity index (χ1n) is 5.95. The number of benzene rings is 1. The third-order valence-corrected chi connectivity index (χ3v) is 4.04. The van der Waals surface area contributed by atoms with Crippen LogP contribution in [-0.4, -0.2) is 35.3 Å². The molecule has 1 atom stereocenters. The van der Waals surface area contributed by atoms with Crippen LogP contribution in [0.25, 0.3) is 0 Å². The largest absolute Gasteiger partial charge is 0.447 e. The molecular formula is C13H14ClNO3S. The Morgan fingerprint density at radius 3 is 2.74 bits per heavy atom. The Bertz CT molecular complexity index is 477. The lowest BCUT2D eigenvalue weighted by Crippen LogP contribution is -2.33. The lowest BCUT2D eigenvalue weighted by molar-refractivity contribution is -0.127. The SMILES string of the molecule is C[C@H](CC(=O)N1CCOC1=O)Sc1ccc(Cl)cc1. The number of nitrogens with zero attached hydrogens (tertiary/aromatic N) is 1. The molecule has 4 nitrogen and oxygen atoms in total. The summed E-state index contributed by atoms with van der Waals surface area (Å²) < 4.78 is 4.74. The summed E-state index contributed by atoms with van der Waals surface area (Å²) >= 11 is 7.40. The zero-order valence-corrected chi connectivity index (χ0v) is 12.0. The highest BCUT2D eigenvalue weighted by Gasteiger charge is 2.29. The Balaban J connectivity index is 1.87. The fourth-order valence-electron chi connectivity index (χ4n) is 1.76. The van der Waals surface area contributed by atoms with Gasteiger partial charge in [-0.3, -0.25) is 4.79 Å². The van der Waals surface area contributed by atoms with Gasteiger partial charge in [-0.05, 0) is 24.3 Å². The van der Waals surface area contributed by atoms with E-state index >= 15 is 0 Å². The van der Waals surface area contributed by atoms with Crippen LogP contribution >= 0.6 is 23.4 Å². The maximum atomic E-state index is 11.9. The predicted molar refractivity (Wildman–Crippen MR) is 74.4 cm³/mol. The van der Waals surface area contributed by atoms with Crippen LogP contribution in [0.1, 0.15) is 13.3 Å². The summed E-state index contributed by atoms with van der Waals surface area (Å²) in [5.74, 6) is -0.184. The van der Waals surface area contributed by atoms with E-state index < -0.39 is 6.09 Å². The van der Waals surface area contributed by atoms with Gasteiger partial charge in [0.05, 0.1) is 6.54 Å². The van der Waals surface area contributed by atoms with E-state index in [1.54, 1.807) is 11.8 Å². The minimum absolute atomic E-state index is 0.0853. The number of hydrogen-bond acceptors (Lipinski definition) is 4. The highest BCUT2D eigenvalue weighted by molar-refractivity contribution is 8.00. The Morgan fingerprint density at radius 2 is 2.16 bits per heavy atom. The van der Waals surface area contributed by atoms with Gasteiger partial charge in [0.1, 0.15) is 6.61 Å². The molecule has 1 aliphatic rings. The molecule has 0 aromatic heterocycles. The highest BCUT2D eigenvalue weighted by Crippen LogP contribution is 2.27. The van der Waals surface area contributed by atoms with Gasteiger partial charge in [-0.25, -0.2) is 9.69 Å². The van der Waals surface area contributed by atoms with Crippen molar-refractivity contribution in [3.8, 4) is 0 Å². The molecule has 0 N–H and O–H groups in total. The van der Waals surface area contributed by atoms with Gasteiger partial charge in [-0.2, -0.15) is 0 Å². The number of amides is 2. The number of rotatable bonds is 4. The van der Waals surface area contributed by atoms with Gasteiger partial charge in [0.15, 0.2) is 0 Å². The Kier molecular flexibility index (Phi) is 4.71. The predicted octanol–water partition coefficient (Wildman–Crippen LogP) is 3.19. The second-order valence-corrected chi connectivity index (χ2v) is 6.19. The molecule has 1 aromatic rings. The number of cyclic esters (lactones) is 1. The summed E-state index contributed by atoms with van der Waals surface area (Å²) in [4.78, 5) is 25.4. The van der Waals surface area contributed by atoms with Crippen LogP contribution in [0, 0.1) is 0 Å². The standard InChI is InChI=1S/C13H14ClNO3S/c1-9(19-11-4-2-10(14)3-5-11)8-12(16)15-6-7-18-13(15)17/h2-5,9H,6-8H2,1H3/t9-/m1/s1. The van der Waals surface area contributed by atoms with E-state index in [9.17, 15) is 9.59 Å². The van der Waals surface area contributed by atoms with Gasteiger partial charge in [0.25, 0.3) is 0 Å². The molecule has 1 saturated heterocycles. The average Bonchev–Trinajstić information content (AvgIpc) is 2.78. The van der Waals surface area contributed by atoms with Crippen LogP contribution in [0.5, 0.6) is 0 Å². The quantitative estimate of drug-likeness (QED) is 0.801. The van der Waals surface area contributed by atoms with Crippen molar-refractivity contribution in [2.24, 2.45) is 0 Å². The molecule has 1 aromatic carbocycles. The molecule has 6 heteroatoms. The minimum Gasteiger partial charge on any atom is -0.447 e. The van der Waals surface area contributed by atoms with Crippen molar-refractivity contribution in [1.82, 2.24) is 4.90 Å². The summed E-state index contributed by atoms with van der Waals surface area (Å²) in [5, 5.41) is 0.773. The van der Waals surface area contributed by atoms with Crippen LogP contribution in [0.15, 0.2) is 29.2 Å². The van der Waals surface area contributed by atoms with Gasteiger partial charge >= 0.3 is 6.09 Å². The molecule has 0 aliphatic carbocycles. The van der Waals surface area contributed by atoms with Crippen molar-refractivity contribution < 1.29 is 14.3 Å². The van der Waals surface area contributed by atoms with Gasteiger partial charge < -0.3 is 4.74 Å². The van der Waals surface area contributed by atoms with Gasteiger partial charge in [-0.1, -0.05) is 18.5 Å².